The van der Waals surface area contributed by atoms with Gasteiger partial charge in [-0.3, -0.25) is 13.9 Å². The Bertz CT molecular complexity index is 1130. The Kier molecular flexibility index (Phi) is 9.70. The van der Waals surface area contributed by atoms with Crippen LogP contribution in [0.4, 0.5) is 5.69 Å². The number of anilines is 1. The molecule has 186 valence electrons. The predicted octanol–water partition coefficient (Wildman–Crippen LogP) is 4.02. The Balaban J connectivity index is 2.39. The molecule has 0 aromatic heterocycles. The zero-order valence-corrected chi connectivity index (χ0v) is 23.0. The summed E-state index contributed by atoms with van der Waals surface area (Å²) in [6.45, 7) is 9.71. The van der Waals surface area contributed by atoms with Gasteiger partial charge in [0.1, 0.15) is 12.6 Å². The molecule has 0 saturated heterocycles. The highest BCUT2D eigenvalue weighted by atomic mass is 79.9. The zero-order valence-electron chi connectivity index (χ0n) is 20.6. The quantitative estimate of drug-likeness (QED) is 0.483. The van der Waals surface area contributed by atoms with Gasteiger partial charge in [-0.1, -0.05) is 48.0 Å². The summed E-state index contributed by atoms with van der Waals surface area (Å²) in [5, 5.41) is 2.87. The molecule has 0 heterocycles. The second-order valence-corrected chi connectivity index (χ2v) is 11.8. The first kappa shape index (κ1) is 27.9. The minimum Gasteiger partial charge on any atom is -0.354 e. The van der Waals surface area contributed by atoms with E-state index in [0.29, 0.717) is 12.2 Å². The Morgan fingerprint density at radius 2 is 1.71 bits per heavy atom. The number of carbonyl (C=O) groups excluding carboxylic acids is 2. The molecule has 0 bridgehead atoms. The number of hydrogen-bond donors (Lipinski definition) is 1. The highest BCUT2D eigenvalue weighted by molar-refractivity contribution is 9.10. The molecule has 2 rings (SSSR count). The van der Waals surface area contributed by atoms with E-state index in [4.69, 9.17) is 0 Å². The molecule has 34 heavy (non-hydrogen) atoms. The number of halogens is 1. The van der Waals surface area contributed by atoms with Gasteiger partial charge in [0.15, 0.2) is 0 Å². The SMILES string of the molecule is Cc1ccc(N(CC(=O)N(Cc2cccc(Br)c2)[C@@H](C)C(=O)NCC(C)C)S(C)(=O)=O)cc1C. The van der Waals surface area contributed by atoms with Crippen LogP contribution in [-0.4, -0.2) is 50.5 Å². The van der Waals surface area contributed by atoms with Crippen LogP contribution in [0.25, 0.3) is 0 Å². The van der Waals surface area contributed by atoms with Gasteiger partial charge in [-0.25, -0.2) is 8.42 Å². The van der Waals surface area contributed by atoms with Crippen LogP contribution in [0.15, 0.2) is 46.9 Å². The zero-order chi connectivity index (χ0) is 25.6. The van der Waals surface area contributed by atoms with Crippen LogP contribution in [-0.2, 0) is 26.2 Å². The summed E-state index contributed by atoms with van der Waals surface area (Å²) < 4.78 is 27.2. The Morgan fingerprint density at radius 1 is 1.03 bits per heavy atom. The number of nitrogens with zero attached hydrogens (tertiary/aromatic N) is 2. The van der Waals surface area contributed by atoms with E-state index in [1.54, 1.807) is 19.1 Å². The van der Waals surface area contributed by atoms with Gasteiger partial charge >= 0.3 is 0 Å². The molecule has 2 amide bonds. The van der Waals surface area contributed by atoms with Gasteiger partial charge in [0.25, 0.3) is 0 Å². The molecular formula is C25H34BrN3O4S. The molecule has 0 saturated carbocycles. The van der Waals surface area contributed by atoms with Crippen molar-refractivity contribution in [3.05, 3.63) is 63.6 Å². The molecule has 2 aromatic carbocycles. The van der Waals surface area contributed by atoms with Crippen molar-refractivity contribution in [1.82, 2.24) is 10.2 Å². The standard InChI is InChI=1S/C25H34BrN3O4S/c1-17(2)14-27-25(31)20(5)28(15-21-8-7-9-22(26)13-21)24(30)16-29(34(6,32)33)23-11-10-18(3)19(4)12-23/h7-13,17,20H,14-16H2,1-6H3,(H,27,31)/t20-/m0/s1. The van der Waals surface area contributed by atoms with Crippen LogP contribution >= 0.6 is 15.9 Å². The van der Waals surface area contributed by atoms with Crippen LogP contribution in [0.3, 0.4) is 0 Å². The van der Waals surface area contributed by atoms with E-state index in [1.165, 1.54) is 4.90 Å². The number of rotatable bonds is 10. The molecule has 0 unspecified atom stereocenters. The minimum atomic E-state index is -3.75. The number of sulfonamides is 1. The largest absolute Gasteiger partial charge is 0.354 e. The van der Waals surface area contributed by atoms with Crippen molar-refractivity contribution in [2.45, 2.75) is 47.2 Å². The van der Waals surface area contributed by atoms with Gasteiger partial charge < -0.3 is 10.2 Å². The molecule has 0 spiro atoms. The molecule has 0 radical (unpaired) electrons. The summed E-state index contributed by atoms with van der Waals surface area (Å²) in [7, 11) is -3.75. The summed E-state index contributed by atoms with van der Waals surface area (Å²) in [5.41, 5.74) is 3.18. The van der Waals surface area contributed by atoms with Crippen molar-refractivity contribution >= 4 is 43.5 Å². The Labute approximate surface area is 211 Å². The van der Waals surface area contributed by atoms with E-state index in [-0.39, 0.29) is 18.4 Å². The first-order valence-electron chi connectivity index (χ1n) is 11.2. The van der Waals surface area contributed by atoms with Gasteiger partial charge in [-0.15, -0.1) is 0 Å². The Hall–Kier alpha value is -2.39. The summed E-state index contributed by atoms with van der Waals surface area (Å²) in [5.74, 6) is -0.485. The molecule has 1 atom stereocenters. The molecule has 0 fully saturated rings. The molecular weight excluding hydrogens is 518 g/mol. The van der Waals surface area contributed by atoms with Gasteiger partial charge in [0.2, 0.25) is 21.8 Å². The van der Waals surface area contributed by atoms with E-state index in [2.05, 4.69) is 21.2 Å². The van der Waals surface area contributed by atoms with Crippen molar-refractivity contribution in [1.29, 1.82) is 0 Å². The molecule has 0 aliphatic rings. The van der Waals surface area contributed by atoms with Gasteiger partial charge in [0.05, 0.1) is 11.9 Å². The van der Waals surface area contributed by atoms with Crippen LogP contribution in [0.5, 0.6) is 0 Å². The molecule has 1 N–H and O–H groups in total. The molecule has 9 heteroatoms. The minimum absolute atomic E-state index is 0.166. The average molecular weight is 553 g/mol. The van der Waals surface area contributed by atoms with Crippen molar-refractivity contribution in [2.75, 3.05) is 23.7 Å². The fraction of sp³-hybridized carbons (Fsp3) is 0.440. The van der Waals surface area contributed by atoms with E-state index in [0.717, 1.165) is 31.7 Å². The number of amides is 2. The van der Waals surface area contributed by atoms with Gasteiger partial charge in [0, 0.05) is 17.6 Å². The highest BCUT2D eigenvalue weighted by Crippen LogP contribution is 2.22. The van der Waals surface area contributed by atoms with Crippen LogP contribution in [0, 0.1) is 19.8 Å². The third-order valence-electron chi connectivity index (χ3n) is 5.55. The molecule has 7 nitrogen and oxygen atoms in total. The lowest BCUT2D eigenvalue weighted by atomic mass is 10.1. The number of nitrogens with one attached hydrogen (secondary N) is 1. The van der Waals surface area contributed by atoms with Crippen LogP contribution in [0.2, 0.25) is 0 Å². The van der Waals surface area contributed by atoms with Crippen molar-refractivity contribution < 1.29 is 18.0 Å². The average Bonchev–Trinajstić information content (AvgIpc) is 2.74. The fourth-order valence-electron chi connectivity index (χ4n) is 3.36. The van der Waals surface area contributed by atoms with Crippen LogP contribution in [0.1, 0.15) is 37.5 Å². The second-order valence-electron chi connectivity index (χ2n) is 9.00. The first-order valence-corrected chi connectivity index (χ1v) is 13.8. The monoisotopic (exact) mass is 551 g/mol. The lowest BCUT2D eigenvalue weighted by Gasteiger charge is -2.31. The number of benzene rings is 2. The maximum absolute atomic E-state index is 13.5. The summed E-state index contributed by atoms with van der Waals surface area (Å²) in [6.07, 6.45) is 1.08. The van der Waals surface area contributed by atoms with Crippen molar-refractivity contribution in [2.24, 2.45) is 5.92 Å². The summed E-state index contributed by atoms with van der Waals surface area (Å²) >= 11 is 3.44. The van der Waals surface area contributed by atoms with Crippen molar-refractivity contribution in [3.8, 4) is 0 Å². The number of aryl methyl sites for hydroxylation is 2. The Morgan fingerprint density at radius 3 is 2.26 bits per heavy atom. The van der Waals surface area contributed by atoms with E-state index < -0.39 is 28.5 Å². The van der Waals surface area contributed by atoms with Crippen LogP contribution < -0.4 is 9.62 Å². The normalized spacial score (nSPS) is 12.4. The third kappa shape index (κ3) is 7.84. The molecule has 2 aromatic rings. The maximum atomic E-state index is 13.5. The summed E-state index contributed by atoms with van der Waals surface area (Å²) in [4.78, 5) is 27.8. The van der Waals surface area contributed by atoms with E-state index in [1.807, 2.05) is 58.0 Å². The predicted molar refractivity (Wildman–Crippen MR) is 140 cm³/mol. The smallest absolute Gasteiger partial charge is 0.244 e. The third-order valence-corrected chi connectivity index (χ3v) is 7.19. The lowest BCUT2D eigenvalue weighted by molar-refractivity contribution is -0.139. The number of hydrogen-bond acceptors (Lipinski definition) is 4. The lowest BCUT2D eigenvalue weighted by Crippen LogP contribution is -2.51. The van der Waals surface area contributed by atoms with Crippen molar-refractivity contribution in [3.63, 3.8) is 0 Å². The maximum Gasteiger partial charge on any atom is 0.244 e. The summed E-state index contributed by atoms with van der Waals surface area (Å²) in [6, 6.07) is 11.9. The van der Waals surface area contributed by atoms with E-state index in [9.17, 15) is 18.0 Å². The molecule has 0 aliphatic carbocycles. The topological polar surface area (TPSA) is 86.8 Å². The van der Waals surface area contributed by atoms with E-state index >= 15 is 0 Å². The molecule has 0 aliphatic heterocycles. The second kappa shape index (κ2) is 11.8. The van der Waals surface area contributed by atoms with Gasteiger partial charge in [-0.2, -0.15) is 0 Å². The number of carbonyl (C=O) groups is 2. The fourth-order valence-corrected chi connectivity index (χ4v) is 4.65. The first-order chi connectivity index (χ1) is 15.8. The van der Waals surface area contributed by atoms with Gasteiger partial charge in [-0.05, 0) is 67.6 Å². The highest BCUT2D eigenvalue weighted by Gasteiger charge is 2.30.